The molecule has 1 N–H and O–H groups in total. The third kappa shape index (κ3) is 4.23. The number of likely N-dealkylation sites (tertiary alicyclic amines) is 1. The molecule has 9 heteroatoms. The monoisotopic (exact) mass is 474 g/mol. The van der Waals surface area contributed by atoms with Crippen molar-refractivity contribution in [3.63, 3.8) is 0 Å². The van der Waals surface area contributed by atoms with E-state index < -0.39 is 24.2 Å². The van der Waals surface area contributed by atoms with E-state index in [4.69, 9.17) is 0 Å². The maximum absolute atomic E-state index is 14.0. The number of nitrogens with one attached hydrogen (secondary N) is 1. The average molecular weight is 475 g/mol. The molecule has 0 spiro atoms. The SMILES string of the molecule is CN1C(=O)CCC1C(=O)N(C)C(c1ccc(N[C@H]2Cc3ccccc3C2(C)C)cn1)C(F)(F)F. The van der Waals surface area contributed by atoms with Crippen LogP contribution in [0.15, 0.2) is 42.6 Å². The number of likely N-dealkylation sites (N-methyl/N-ethyl adjacent to an activating group) is 2. The molecule has 3 atom stereocenters. The summed E-state index contributed by atoms with van der Waals surface area (Å²) in [6.07, 6.45) is -2.17. The van der Waals surface area contributed by atoms with Crippen molar-refractivity contribution < 1.29 is 22.8 Å². The second-order valence-electron chi connectivity index (χ2n) is 9.70. The minimum absolute atomic E-state index is 0.0654. The molecule has 1 fully saturated rings. The Morgan fingerprint density at radius 3 is 2.50 bits per heavy atom. The number of anilines is 1. The molecule has 182 valence electrons. The van der Waals surface area contributed by atoms with E-state index >= 15 is 0 Å². The molecule has 4 rings (SSSR count). The standard InChI is InChI=1S/C25H29F3N4O2/c1-24(2)17-8-6-5-7-15(17)13-20(24)30-16-9-10-18(29-14-16)22(25(26,27)28)32(4)23(34)19-11-12-21(33)31(19)3/h5-10,14,19-20,22,30H,11-13H2,1-4H3/t19?,20-,22?/m0/s1. The van der Waals surface area contributed by atoms with Gasteiger partial charge < -0.3 is 15.1 Å². The number of hydrogen-bond acceptors (Lipinski definition) is 4. The van der Waals surface area contributed by atoms with Gasteiger partial charge >= 0.3 is 6.18 Å². The molecule has 0 saturated carbocycles. The van der Waals surface area contributed by atoms with Crippen molar-refractivity contribution in [3.05, 3.63) is 59.4 Å². The summed E-state index contributed by atoms with van der Waals surface area (Å²) in [6, 6.07) is 8.06. The number of carbonyl (C=O) groups excluding carboxylic acids is 2. The highest BCUT2D eigenvalue weighted by Crippen LogP contribution is 2.41. The molecule has 1 aliphatic carbocycles. The lowest BCUT2D eigenvalue weighted by Gasteiger charge is -2.33. The molecule has 34 heavy (non-hydrogen) atoms. The van der Waals surface area contributed by atoms with E-state index in [0.717, 1.165) is 13.5 Å². The van der Waals surface area contributed by atoms with E-state index in [1.165, 1.54) is 35.3 Å². The lowest BCUT2D eigenvalue weighted by Crippen LogP contribution is -2.48. The van der Waals surface area contributed by atoms with Crippen LogP contribution in [0.4, 0.5) is 18.9 Å². The fourth-order valence-corrected chi connectivity index (χ4v) is 5.12. The number of hydrogen-bond donors (Lipinski definition) is 1. The fraction of sp³-hybridized carbons (Fsp3) is 0.480. The molecule has 2 heterocycles. The van der Waals surface area contributed by atoms with E-state index in [-0.39, 0.29) is 35.9 Å². The molecule has 2 aromatic rings. The lowest BCUT2D eigenvalue weighted by atomic mass is 9.83. The number of aromatic nitrogens is 1. The second kappa shape index (κ2) is 8.60. The fourth-order valence-electron chi connectivity index (χ4n) is 5.12. The first kappa shape index (κ1) is 24.0. The van der Waals surface area contributed by atoms with Gasteiger partial charge in [-0.1, -0.05) is 38.1 Å². The molecular weight excluding hydrogens is 445 g/mol. The van der Waals surface area contributed by atoms with Gasteiger partial charge in [0.1, 0.15) is 6.04 Å². The van der Waals surface area contributed by atoms with Gasteiger partial charge in [-0.2, -0.15) is 13.2 Å². The Morgan fingerprint density at radius 2 is 1.94 bits per heavy atom. The van der Waals surface area contributed by atoms with Crippen LogP contribution < -0.4 is 5.32 Å². The first-order valence-electron chi connectivity index (χ1n) is 11.3. The van der Waals surface area contributed by atoms with Crippen LogP contribution in [-0.4, -0.2) is 59.0 Å². The number of benzene rings is 1. The van der Waals surface area contributed by atoms with Crippen LogP contribution in [0.5, 0.6) is 0 Å². The van der Waals surface area contributed by atoms with Crippen molar-refractivity contribution in [2.45, 2.75) is 62.8 Å². The van der Waals surface area contributed by atoms with Gasteiger partial charge in [-0.25, -0.2) is 0 Å². The van der Waals surface area contributed by atoms with E-state index in [9.17, 15) is 22.8 Å². The summed E-state index contributed by atoms with van der Waals surface area (Å²) in [5.74, 6) is -0.994. The maximum atomic E-state index is 14.0. The first-order chi connectivity index (χ1) is 15.9. The smallest absolute Gasteiger partial charge is 0.380 e. The summed E-state index contributed by atoms with van der Waals surface area (Å²) in [7, 11) is 2.55. The van der Waals surface area contributed by atoms with Crippen molar-refractivity contribution in [3.8, 4) is 0 Å². The number of carbonyl (C=O) groups is 2. The summed E-state index contributed by atoms with van der Waals surface area (Å²) in [6.45, 7) is 4.28. The quantitative estimate of drug-likeness (QED) is 0.709. The summed E-state index contributed by atoms with van der Waals surface area (Å²) >= 11 is 0. The van der Waals surface area contributed by atoms with Crippen LogP contribution in [0, 0.1) is 0 Å². The van der Waals surface area contributed by atoms with Crippen molar-refractivity contribution >= 4 is 17.5 Å². The number of fused-ring (bicyclic) bond motifs is 1. The van der Waals surface area contributed by atoms with Gasteiger partial charge in [-0.15, -0.1) is 0 Å². The summed E-state index contributed by atoms with van der Waals surface area (Å²) in [5, 5.41) is 3.42. The van der Waals surface area contributed by atoms with E-state index in [0.29, 0.717) is 10.6 Å². The van der Waals surface area contributed by atoms with Crippen molar-refractivity contribution in [2.24, 2.45) is 0 Å². The van der Waals surface area contributed by atoms with Crippen molar-refractivity contribution in [1.29, 1.82) is 0 Å². The van der Waals surface area contributed by atoms with Crippen molar-refractivity contribution in [2.75, 3.05) is 19.4 Å². The van der Waals surface area contributed by atoms with Gasteiger partial charge in [0.25, 0.3) is 0 Å². The van der Waals surface area contributed by atoms with Crippen LogP contribution in [-0.2, 0) is 21.4 Å². The van der Waals surface area contributed by atoms with Gasteiger partial charge in [0, 0.05) is 32.0 Å². The molecular formula is C25H29F3N4O2. The van der Waals surface area contributed by atoms with Crippen LogP contribution in [0.25, 0.3) is 0 Å². The van der Waals surface area contributed by atoms with Gasteiger partial charge in [0.05, 0.1) is 17.6 Å². The highest BCUT2D eigenvalue weighted by molar-refractivity contribution is 5.90. The van der Waals surface area contributed by atoms with Gasteiger partial charge in [0.15, 0.2) is 6.04 Å². The first-order valence-corrected chi connectivity index (χ1v) is 11.3. The zero-order chi connectivity index (χ0) is 24.8. The molecule has 2 aliphatic rings. The highest BCUT2D eigenvalue weighted by Gasteiger charge is 2.48. The van der Waals surface area contributed by atoms with Crippen LogP contribution in [0.1, 0.15) is 49.6 Å². The van der Waals surface area contributed by atoms with E-state index in [1.54, 1.807) is 6.07 Å². The Kier molecular flexibility index (Phi) is 6.08. The largest absolute Gasteiger partial charge is 0.414 e. The number of rotatable bonds is 5. The Balaban J connectivity index is 1.53. The molecule has 2 unspecified atom stereocenters. The molecule has 1 aliphatic heterocycles. The average Bonchev–Trinajstić information content (AvgIpc) is 3.24. The zero-order valence-corrected chi connectivity index (χ0v) is 19.7. The molecule has 1 saturated heterocycles. The number of amides is 2. The second-order valence-corrected chi connectivity index (χ2v) is 9.70. The predicted octanol–water partition coefficient (Wildman–Crippen LogP) is 4.08. The van der Waals surface area contributed by atoms with E-state index in [1.807, 2.05) is 12.1 Å². The minimum atomic E-state index is -4.72. The molecule has 1 aromatic carbocycles. The van der Waals surface area contributed by atoms with E-state index in [2.05, 4.69) is 36.3 Å². The Bertz CT molecular complexity index is 1080. The van der Waals surface area contributed by atoms with Crippen LogP contribution in [0.2, 0.25) is 0 Å². The number of halogens is 3. The van der Waals surface area contributed by atoms with Gasteiger partial charge in [0.2, 0.25) is 11.8 Å². The molecule has 0 bridgehead atoms. The number of alkyl halides is 3. The molecule has 6 nitrogen and oxygen atoms in total. The summed E-state index contributed by atoms with van der Waals surface area (Å²) in [4.78, 5) is 30.6. The van der Waals surface area contributed by atoms with Gasteiger partial charge in [-0.05, 0) is 36.1 Å². The van der Waals surface area contributed by atoms with Crippen LogP contribution in [0.3, 0.4) is 0 Å². The van der Waals surface area contributed by atoms with Gasteiger partial charge in [-0.3, -0.25) is 14.6 Å². The normalized spacial score (nSPS) is 22.4. The zero-order valence-electron chi connectivity index (χ0n) is 19.7. The Labute approximate surface area is 197 Å². The molecule has 1 aromatic heterocycles. The Hall–Kier alpha value is -3.10. The lowest BCUT2D eigenvalue weighted by molar-refractivity contribution is -0.191. The predicted molar refractivity (Wildman–Crippen MR) is 122 cm³/mol. The third-order valence-electron chi connectivity index (χ3n) is 7.24. The van der Waals surface area contributed by atoms with Crippen LogP contribution >= 0.6 is 0 Å². The Morgan fingerprint density at radius 1 is 1.24 bits per heavy atom. The third-order valence-corrected chi connectivity index (χ3v) is 7.24. The summed E-state index contributed by atoms with van der Waals surface area (Å²) < 4.78 is 42.1. The number of pyridine rings is 1. The summed E-state index contributed by atoms with van der Waals surface area (Å²) in [5.41, 5.74) is 2.70. The number of nitrogens with zero attached hydrogens (tertiary/aromatic N) is 3. The minimum Gasteiger partial charge on any atom is -0.380 e. The molecule has 2 amide bonds. The van der Waals surface area contributed by atoms with Crippen molar-refractivity contribution in [1.82, 2.24) is 14.8 Å². The maximum Gasteiger partial charge on any atom is 0.414 e. The topological polar surface area (TPSA) is 65.5 Å². The highest BCUT2D eigenvalue weighted by atomic mass is 19.4. The molecule has 0 radical (unpaired) electrons.